The number of anilines is 1. The molecule has 0 saturated heterocycles. The minimum absolute atomic E-state index is 0.0220. The highest BCUT2D eigenvalue weighted by molar-refractivity contribution is 9.10. The van der Waals surface area contributed by atoms with Gasteiger partial charge in [-0.2, -0.15) is 0 Å². The average molecular weight is 631 g/mol. The highest BCUT2D eigenvalue weighted by Gasteiger charge is 2.32. The second-order valence-corrected chi connectivity index (χ2v) is 12.2. The summed E-state index contributed by atoms with van der Waals surface area (Å²) in [7, 11) is -4.14. The van der Waals surface area contributed by atoms with Gasteiger partial charge in [-0.1, -0.05) is 53.2 Å². The molecule has 2 atom stereocenters. The molecule has 40 heavy (non-hydrogen) atoms. The minimum atomic E-state index is -4.14. The van der Waals surface area contributed by atoms with Gasteiger partial charge in [0.05, 0.1) is 17.2 Å². The molecule has 0 aliphatic rings. The molecule has 0 heterocycles. The van der Waals surface area contributed by atoms with Gasteiger partial charge in [-0.05, 0) is 81.3 Å². The van der Waals surface area contributed by atoms with E-state index in [2.05, 4.69) is 21.2 Å². The van der Waals surface area contributed by atoms with Crippen molar-refractivity contribution in [2.75, 3.05) is 17.5 Å². The van der Waals surface area contributed by atoms with Gasteiger partial charge in [0, 0.05) is 17.1 Å². The number of hydrogen-bond acceptors (Lipinski definition) is 5. The zero-order valence-electron chi connectivity index (χ0n) is 23.2. The number of sulfonamides is 1. The van der Waals surface area contributed by atoms with Crippen LogP contribution in [0.5, 0.6) is 5.75 Å². The lowest BCUT2D eigenvalue weighted by Gasteiger charge is -2.32. The molecule has 0 radical (unpaired) electrons. The van der Waals surface area contributed by atoms with Crippen molar-refractivity contribution in [1.29, 1.82) is 0 Å². The first-order valence-electron chi connectivity index (χ1n) is 13.2. The normalized spacial score (nSPS) is 12.7. The number of halogens is 1. The number of nitrogens with one attached hydrogen (secondary N) is 1. The van der Waals surface area contributed by atoms with E-state index in [1.165, 1.54) is 17.0 Å². The summed E-state index contributed by atoms with van der Waals surface area (Å²) >= 11 is 3.46. The van der Waals surface area contributed by atoms with Gasteiger partial charge < -0.3 is 15.0 Å². The van der Waals surface area contributed by atoms with E-state index in [-0.39, 0.29) is 23.4 Å². The Balaban J connectivity index is 1.99. The van der Waals surface area contributed by atoms with E-state index in [0.29, 0.717) is 18.0 Å². The van der Waals surface area contributed by atoms with Crippen LogP contribution >= 0.6 is 15.9 Å². The van der Waals surface area contributed by atoms with E-state index in [0.717, 1.165) is 20.8 Å². The van der Waals surface area contributed by atoms with Crippen LogP contribution < -0.4 is 14.4 Å². The zero-order chi connectivity index (χ0) is 29.3. The van der Waals surface area contributed by atoms with E-state index in [9.17, 15) is 18.0 Å². The van der Waals surface area contributed by atoms with Gasteiger partial charge >= 0.3 is 0 Å². The van der Waals surface area contributed by atoms with Crippen molar-refractivity contribution in [3.05, 3.63) is 88.9 Å². The van der Waals surface area contributed by atoms with Crippen LogP contribution in [0, 0.1) is 0 Å². The van der Waals surface area contributed by atoms with Crippen LogP contribution in [0.15, 0.2) is 88.2 Å². The lowest BCUT2D eigenvalue weighted by atomic mass is 10.1. The molecule has 8 nitrogen and oxygen atoms in total. The number of ether oxygens (including phenoxy) is 1. The Morgan fingerprint density at radius 1 is 0.950 bits per heavy atom. The van der Waals surface area contributed by atoms with Crippen LogP contribution in [-0.2, 0) is 26.2 Å². The predicted molar refractivity (Wildman–Crippen MR) is 161 cm³/mol. The molecule has 2 amide bonds. The summed E-state index contributed by atoms with van der Waals surface area (Å²) in [6, 6.07) is 21.1. The Kier molecular flexibility index (Phi) is 11.2. The third-order valence-corrected chi connectivity index (χ3v) is 8.74. The average Bonchev–Trinajstić information content (AvgIpc) is 2.95. The molecule has 0 unspecified atom stereocenters. The maximum atomic E-state index is 13.9. The number of carbonyl (C=O) groups is 2. The first-order valence-corrected chi connectivity index (χ1v) is 15.4. The smallest absolute Gasteiger partial charge is 0.264 e. The van der Waals surface area contributed by atoms with Gasteiger partial charge in [-0.25, -0.2) is 8.42 Å². The Bertz CT molecular complexity index is 1380. The summed E-state index contributed by atoms with van der Waals surface area (Å²) in [5.74, 6) is -0.270. The van der Waals surface area contributed by atoms with Crippen LogP contribution in [0.3, 0.4) is 0 Å². The highest BCUT2D eigenvalue weighted by Crippen LogP contribution is 2.26. The summed E-state index contributed by atoms with van der Waals surface area (Å²) < 4.78 is 35.1. The molecular formula is C30H36BrN3O5S. The Morgan fingerprint density at radius 3 is 2.23 bits per heavy atom. The van der Waals surface area contributed by atoms with Crippen molar-refractivity contribution in [2.24, 2.45) is 0 Å². The standard InChI is InChI=1S/C30H36BrN3O5S/c1-5-22(3)32-30(36)23(4)33(20-24-11-10-12-25(31)19-24)29(35)21-34(26-13-8-7-9-14-26)40(37,38)28-17-15-27(16-18-28)39-6-2/h7-19,22-23H,5-6,20-21H2,1-4H3,(H,32,36)/t22-,23+/m0/s1. The number of nitrogens with zero attached hydrogens (tertiary/aromatic N) is 2. The van der Waals surface area contributed by atoms with Crippen LogP contribution in [0.2, 0.25) is 0 Å². The molecule has 0 aliphatic carbocycles. The van der Waals surface area contributed by atoms with Crippen molar-refractivity contribution < 1.29 is 22.7 Å². The summed E-state index contributed by atoms with van der Waals surface area (Å²) in [6.45, 7) is 7.44. The van der Waals surface area contributed by atoms with E-state index in [1.807, 2.05) is 45.0 Å². The monoisotopic (exact) mass is 629 g/mol. The number of amides is 2. The third kappa shape index (κ3) is 8.08. The Hall–Kier alpha value is -3.37. The molecule has 0 fully saturated rings. The van der Waals surface area contributed by atoms with Crippen LogP contribution in [0.4, 0.5) is 5.69 Å². The first kappa shape index (κ1) is 31.2. The van der Waals surface area contributed by atoms with Gasteiger partial charge in [0.15, 0.2) is 0 Å². The van der Waals surface area contributed by atoms with Crippen molar-refractivity contribution in [3.8, 4) is 5.75 Å². The summed E-state index contributed by atoms with van der Waals surface area (Å²) in [4.78, 5) is 28.5. The van der Waals surface area contributed by atoms with E-state index in [4.69, 9.17) is 4.74 Å². The fourth-order valence-corrected chi connectivity index (χ4v) is 5.87. The van der Waals surface area contributed by atoms with Crippen molar-refractivity contribution in [3.63, 3.8) is 0 Å². The molecule has 0 spiro atoms. The van der Waals surface area contributed by atoms with Gasteiger partial charge in [-0.3, -0.25) is 13.9 Å². The maximum absolute atomic E-state index is 13.9. The van der Waals surface area contributed by atoms with E-state index in [1.54, 1.807) is 49.4 Å². The number of para-hydroxylation sites is 1. The highest BCUT2D eigenvalue weighted by atomic mass is 79.9. The Labute approximate surface area is 245 Å². The molecule has 0 bridgehead atoms. The molecule has 0 saturated carbocycles. The first-order chi connectivity index (χ1) is 19.1. The SMILES string of the molecule is CCOc1ccc(S(=O)(=O)N(CC(=O)N(Cc2cccc(Br)c2)[C@H](C)C(=O)N[C@@H](C)CC)c2ccccc2)cc1. The number of benzene rings is 3. The van der Waals surface area contributed by atoms with Crippen molar-refractivity contribution >= 4 is 43.5 Å². The van der Waals surface area contributed by atoms with Crippen molar-refractivity contribution in [2.45, 2.75) is 57.6 Å². The van der Waals surface area contributed by atoms with Crippen LogP contribution in [-0.4, -0.2) is 50.4 Å². The van der Waals surface area contributed by atoms with Crippen molar-refractivity contribution in [1.82, 2.24) is 10.2 Å². The maximum Gasteiger partial charge on any atom is 0.264 e. The quantitative estimate of drug-likeness (QED) is 0.274. The van der Waals surface area contributed by atoms with E-state index >= 15 is 0 Å². The molecular weight excluding hydrogens is 594 g/mol. The summed E-state index contributed by atoms with van der Waals surface area (Å²) in [5.41, 5.74) is 1.13. The molecule has 3 aromatic rings. The number of rotatable bonds is 13. The predicted octanol–water partition coefficient (Wildman–Crippen LogP) is 5.38. The van der Waals surface area contributed by atoms with E-state index < -0.39 is 28.5 Å². The summed E-state index contributed by atoms with van der Waals surface area (Å²) in [6.07, 6.45) is 0.736. The summed E-state index contributed by atoms with van der Waals surface area (Å²) in [5, 5.41) is 2.93. The fraction of sp³-hybridized carbons (Fsp3) is 0.333. The van der Waals surface area contributed by atoms with Gasteiger partial charge in [0.1, 0.15) is 18.3 Å². The zero-order valence-corrected chi connectivity index (χ0v) is 25.6. The molecule has 10 heteroatoms. The largest absolute Gasteiger partial charge is 0.494 e. The van der Waals surface area contributed by atoms with Crippen LogP contribution in [0.1, 0.15) is 39.7 Å². The number of carbonyl (C=O) groups excluding carboxylic acids is 2. The lowest BCUT2D eigenvalue weighted by molar-refractivity contribution is -0.139. The minimum Gasteiger partial charge on any atom is -0.494 e. The van der Waals surface area contributed by atoms with Gasteiger partial charge in [0.25, 0.3) is 10.0 Å². The third-order valence-electron chi connectivity index (χ3n) is 6.46. The second-order valence-electron chi connectivity index (χ2n) is 9.40. The molecule has 3 aromatic carbocycles. The second kappa shape index (κ2) is 14.3. The topological polar surface area (TPSA) is 96.0 Å². The molecule has 3 rings (SSSR count). The van der Waals surface area contributed by atoms with Crippen LogP contribution in [0.25, 0.3) is 0 Å². The molecule has 1 N–H and O–H groups in total. The fourth-order valence-electron chi connectivity index (χ4n) is 4.00. The molecule has 0 aromatic heterocycles. The van der Waals surface area contributed by atoms with Gasteiger partial charge in [-0.15, -0.1) is 0 Å². The lowest BCUT2D eigenvalue weighted by Crippen LogP contribution is -2.52. The molecule has 0 aliphatic heterocycles. The van der Waals surface area contributed by atoms with Gasteiger partial charge in [0.2, 0.25) is 11.8 Å². The Morgan fingerprint density at radius 2 is 1.62 bits per heavy atom. The number of hydrogen-bond donors (Lipinski definition) is 1. The molecule has 214 valence electrons.